The van der Waals surface area contributed by atoms with E-state index in [1.165, 1.54) is 0 Å². The van der Waals surface area contributed by atoms with E-state index >= 15 is 0 Å². The Morgan fingerprint density at radius 2 is 2.08 bits per heavy atom. The van der Waals surface area contributed by atoms with E-state index in [2.05, 4.69) is 4.98 Å². The minimum absolute atomic E-state index is 0.197. The average molecular weight is 386 g/mol. The Morgan fingerprint density at radius 3 is 2.92 bits per heavy atom. The van der Waals surface area contributed by atoms with Crippen molar-refractivity contribution < 1.29 is 14.3 Å². The van der Waals surface area contributed by atoms with Gasteiger partial charge in [0.2, 0.25) is 0 Å². The molecule has 0 aliphatic carbocycles. The van der Waals surface area contributed by atoms with E-state index in [9.17, 15) is 4.79 Å². The van der Waals surface area contributed by atoms with Crippen molar-refractivity contribution in [3.05, 3.63) is 59.1 Å². The fourth-order valence-electron chi connectivity index (χ4n) is 2.91. The molecule has 4 nitrogen and oxygen atoms in total. The topological polar surface area (TPSA) is 48.4 Å². The number of nitrogens with zero attached hydrogens (tertiary/aromatic N) is 1. The van der Waals surface area contributed by atoms with Crippen molar-refractivity contribution in [2.24, 2.45) is 0 Å². The van der Waals surface area contributed by atoms with Crippen LogP contribution in [-0.4, -0.2) is 29.4 Å². The van der Waals surface area contributed by atoms with E-state index in [4.69, 9.17) is 9.47 Å². The van der Waals surface area contributed by atoms with E-state index in [0.29, 0.717) is 5.56 Å². The van der Waals surface area contributed by atoms with Crippen molar-refractivity contribution in [3.63, 3.8) is 0 Å². The van der Waals surface area contributed by atoms with Gasteiger partial charge in [-0.3, -0.25) is 0 Å². The van der Waals surface area contributed by atoms with E-state index in [1.807, 2.05) is 48.5 Å². The zero-order valence-corrected chi connectivity index (χ0v) is 15.9. The predicted molar refractivity (Wildman–Crippen MR) is 105 cm³/mol. The number of aromatic nitrogens is 1. The van der Waals surface area contributed by atoms with Crippen molar-refractivity contribution in [1.29, 1.82) is 0 Å². The highest BCUT2D eigenvalue weighted by Crippen LogP contribution is 2.28. The first kappa shape index (κ1) is 17.5. The molecule has 1 fully saturated rings. The van der Waals surface area contributed by atoms with Crippen LogP contribution in [0.15, 0.2) is 53.4 Å². The number of carbonyl (C=O) groups excluding carboxylic acids is 1. The molecule has 134 valence electrons. The van der Waals surface area contributed by atoms with Crippen molar-refractivity contribution >= 4 is 39.3 Å². The van der Waals surface area contributed by atoms with Crippen LogP contribution in [0.5, 0.6) is 0 Å². The molecule has 0 N–H and O–H groups in total. The number of esters is 1. The summed E-state index contributed by atoms with van der Waals surface area (Å²) in [4.78, 5) is 18.0. The standard InChI is InChI=1S/C20H19NO3S2/c22-20(24-12-19-21-16-8-2-4-10-18(16)26-19)15-7-1-3-9-17(15)25-13-14-6-5-11-23-14/h1-4,7-10,14H,5-6,11-13H2/t14-/m1/s1. The Labute approximate surface area is 160 Å². The molecule has 3 aromatic rings. The molecule has 6 heteroatoms. The van der Waals surface area contributed by atoms with E-state index in [-0.39, 0.29) is 18.7 Å². The molecular weight excluding hydrogens is 366 g/mol. The van der Waals surface area contributed by atoms with Crippen molar-refractivity contribution in [3.8, 4) is 0 Å². The van der Waals surface area contributed by atoms with Gasteiger partial charge in [0.25, 0.3) is 0 Å². The Bertz CT molecular complexity index is 870. The number of para-hydroxylation sites is 1. The average Bonchev–Trinajstić information content (AvgIpc) is 3.33. The van der Waals surface area contributed by atoms with E-state index in [0.717, 1.165) is 45.3 Å². The first-order valence-electron chi connectivity index (χ1n) is 8.64. The van der Waals surface area contributed by atoms with Crippen molar-refractivity contribution in [2.45, 2.75) is 30.4 Å². The fraction of sp³-hybridized carbons (Fsp3) is 0.300. The molecule has 0 saturated carbocycles. The number of carbonyl (C=O) groups is 1. The van der Waals surface area contributed by atoms with Crippen LogP contribution in [0, 0.1) is 0 Å². The summed E-state index contributed by atoms with van der Waals surface area (Å²) in [6.45, 7) is 1.04. The molecule has 0 spiro atoms. The van der Waals surface area contributed by atoms with Gasteiger partial charge >= 0.3 is 5.97 Å². The second kappa shape index (κ2) is 8.20. The molecular formula is C20H19NO3S2. The van der Waals surface area contributed by atoms with E-state index < -0.39 is 0 Å². The minimum Gasteiger partial charge on any atom is -0.455 e. The largest absolute Gasteiger partial charge is 0.455 e. The molecule has 1 aromatic heterocycles. The van der Waals surface area contributed by atoms with Gasteiger partial charge < -0.3 is 9.47 Å². The van der Waals surface area contributed by atoms with Crippen LogP contribution in [0.25, 0.3) is 10.2 Å². The fourth-order valence-corrected chi connectivity index (χ4v) is 4.90. The van der Waals surface area contributed by atoms with Gasteiger partial charge in [-0.25, -0.2) is 9.78 Å². The maximum absolute atomic E-state index is 12.6. The van der Waals surface area contributed by atoms with Gasteiger partial charge in [0.1, 0.15) is 11.6 Å². The van der Waals surface area contributed by atoms with Crippen LogP contribution in [-0.2, 0) is 16.1 Å². The lowest BCUT2D eigenvalue weighted by Gasteiger charge is -2.11. The number of fused-ring (bicyclic) bond motifs is 1. The number of thioether (sulfide) groups is 1. The molecule has 2 heterocycles. The third-order valence-corrected chi connectivity index (χ3v) is 6.44. The van der Waals surface area contributed by atoms with Gasteiger partial charge in [-0.15, -0.1) is 23.1 Å². The first-order valence-corrected chi connectivity index (χ1v) is 10.4. The molecule has 1 atom stereocenters. The number of benzene rings is 2. The highest BCUT2D eigenvalue weighted by molar-refractivity contribution is 7.99. The molecule has 0 amide bonds. The summed E-state index contributed by atoms with van der Waals surface area (Å²) in [6, 6.07) is 15.5. The summed E-state index contributed by atoms with van der Waals surface area (Å²) in [6.07, 6.45) is 2.50. The molecule has 0 bridgehead atoms. The Morgan fingerprint density at radius 1 is 1.23 bits per heavy atom. The lowest BCUT2D eigenvalue weighted by atomic mass is 10.2. The monoisotopic (exact) mass is 385 g/mol. The molecule has 26 heavy (non-hydrogen) atoms. The van der Waals surface area contributed by atoms with Crippen molar-refractivity contribution in [2.75, 3.05) is 12.4 Å². The third kappa shape index (κ3) is 4.09. The molecule has 0 radical (unpaired) electrons. The van der Waals surface area contributed by atoms with E-state index in [1.54, 1.807) is 23.1 Å². The van der Waals surface area contributed by atoms with Crippen LogP contribution in [0.4, 0.5) is 0 Å². The van der Waals surface area contributed by atoms with Gasteiger partial charge in [0, 0.05) is 17.3 Å². The van der Waals surface area contributed by atoms with Gasteiger partial charge in [-0.1, -0.05) is 24.3 Å². The predicted octanol–water partition coefficient (Wildman–Crippen LogP) is 4.92. The third-order valence-electron chi connectivity index (χ3n) is 4.22. The molecule has 1 aliphatic heterocycles. The minimum atomic E-state index is -0.306. The summed E-state index contributed by atoms with van der Waals surface area (Å²) >= 11 is 3.21. The highest BCUT2D eigenvalue weighted by atomic mass is 32.2. The summed E-state index contributed by atoms with van der Waals surface area (Å²) in [5.74, 6) is 0.557. The number of ether oxygens (including phenoxy) is 2. The molecule has 0 unspecified atom stereocenters. The second-order valence-electron chi connectivity index (χ2n) is 6.09. The zero-order valence-electron chi connectivity index (χ0n) is 14.2. The Balaban J connectivity index is 1.40. The quantitative estimate of drug-likeness (QED) is 0.445. The van der Waals surface area contributed by atoms with Crippen LogP contribution < -0.4 is 0 Å². The highest BCUT2D eigenvalue weighted by Gasteiger charge is 2.18. The molecule has 1 saturated heterocycles. The van der Waals surface area contributed by atoms with Gasteiger partial charge in [0.05, 0.1) is 21.9 Å². The Kier molecular flexibility index (Phi) is 5.53. The normalized spacial score (nSPS) is 16.8. The maximum Gasteiger partial charge on any atom is 0.339 e. The smallest absolute Gasteiger partial charge is 0.339 e. The molecule has 1 aliphatic rings. The zero-order chi connectivity index (χ0) is 17.8. The summed E-state index contributed by atoms with van der Waals surface area (Å²) < 4.78 is 12.3. The first-order chi connectivity index (χ1) is 12.8. The van der Waals surface area contributed by atoms with Crippen LogP contribution in [0.1, 0.15) is 28.2 Å². The lowest BCUT2D eigenvalue weighted by Crippen LogP contribution is -2.10. The summed E-state index contributed by atoms with van der Waals surface area (Å²) in [5.41, 5.74) is 1.55. The molecule has 4 rings (SSSR count). The van der Waals surface area contributed by atoms with Crippen molar-refractivity contribution in [1.82, 2.24) is 4.98 Å². The number of hydrogen-bond donors (Lipinski definition) is 0. The number of hydrogen-bond acceptors (Lipinski definition) is 6. The summed E-state index contributed by atoms with van der Waals surface area (Å²) in [5, 5.41) is 0.809. The molecule has 2 aromatic carbocycles. The van der Waals surface area contributed by atoms with Gasteiger partial charge in [-0.2, -0.15) is 0 Å². The number of thiazole rings is 1. The van der Waals surface area contributed by atoms with Crippen LogP contribution in [0.2, 0.25) is 0 Å². The van der Waals surface area contributed by atoms with Crippen LogP contribution in [0.3, 0.4) is 0 Å². The van der Waals surface area contributed by atoms with Gasteiger partial charge in [-0.05, 0) is 37.1 Å². The lowest BCUT2D eigenvalue weighted by molar-refractivity contribution is 0.0468. The second-order valence-corrected chi connectivity index (χ2v) is 8.27. The SMILES string of the molecule is O=C(OCc1nc2ccccc2s1)c1ccccc1SC[C@H]1CCCO1. The van der Waals surface area contributed by atoms with Gasteiger partial charge in [0.15, 0.2) is 0 Å². The van der Waals surface area contributed by atoms with Crippen LogP contribution >= 0.6 is 23.1 Å². The summed E-state index contributed by atoms with van der Waals surface area (Å²) in [7, 11) is 0. The maximum atomic E-state index is 12.6. The Hall–Kier alpha value is -1.89. The number of rotatable bonds is 6.